The van der Waals surface area contributed by atoms with E-state index in [2.05, 4.69) is 10.3 Å². The second kappa shape index (κ2) is 6.21. The van der Waals surface area contributed by atoms with E-state index in [0.717, 1.165) is 17.3 Å². The van der Waals surface area contributed by atoms with Crippen LogP contribution in [0.3, 0.4) is 0 Å². The van der Waals surface area contributed by atoms with Crippen molar-refractivity contribution < 1.29 is 9.31 Å². The van der Waals surface area contributed by atoms with Gasteiger partial charge in [-0.3, -0.25) is 15.1 Å². The van der Waals surface area contributed by atoms with Crippen LogP contribution in [-0.2, 0) is 13.1 Å². The number of aromatic nitrogens is 1. The number of halogens is 1. The number of rotatable bonds is 5. The lowest BCUT2D eigenvalue weighted by Crippen LogP contribution is -2.14. The van der Waals surface area contributed by atoms with Crippen LogP contribution in [0.25, 0.3) is 0 Å². The van der Waals surface area contributed by atoms with Crippen molar-refractivity contribution in [1.82, 2.24) is 10.3 Å². The Kier molecular flexibility index (Phi) is 4.37. The van der Waals surface area contributed by atoms with Crippen LogP contribution in [0.1, 0.15) is 16.8 Å². The van der Waals surface area contributed by atoms with Gasteiger partial charge in [-0.2, -0.15) is 4.39 Å². The normalized spacial score (nSPS) is 10.5. The number of aryl methyl sites for hydroxylation is 1. The van der Waals surface area contributed by atoms with Crippen molar-refractivity contribution >= 4 is 5.69 Å². The van der Waals surface area contributed by atoms with Crippen molar-refractivity contribution in [2.24, 2.45) is 0 Å². The van der Waals surface area contributed by atoms with E-state index in [1.165, 1.54) is 12.1 Å². The lowest BCUT2D eigenvalue weighted by atomic mass is 10.2. The van der Waals surface area contributed by atoms with Crippen LogP contribution in [0.4, 0.5) is 10.1 Å². The summed E-state index contributed by atoms with van der Waals surface area (Å²) < 4.78 is 13.8. The molecule has 0 fully saturated rings. The summed E-state index contributed by atoms with van der Waals surface area (Å²) in [5.41, 5.74) is 1.68. The highest BCUT2D eigenvalue weighted by Gasteiger charge is 2.16. The molecule has 1 heterocycles. The molecule has 0 aliphatic heterocycles. The summed E-state index contributed by atoms with van der Waals surface area (Å²) in [6.07, 6.45) is 1.74. The van der Waals surface area contributed by atoms with E-state index >= 15 is 0 Å². The summed E-state index contributed by atoms with van der Waals surface area (Å²) in [5, 5.41) is 13.7. The number of benzene rings is 1. The Bertz CT molecular complexity index is 614. The Hall–Kier alpha value is -2.34. The summed E-state index contributed by atoms with van der Waals surface area (Å²) in [6.45, 7) is 2.65. The van der Waals surface area contributed by atoms with Gasteiger partial charge in [-0.25, -0.2) is 0 Å². The Morgan fingerprint density at radius 1 is 1.30 bits per heavy atom. The summed E-state index contributed by atoms with van der Waals surface area (Å²) in [5.74, 6) is -0.785. The van der Waals surface area contributed by atoms with Gasteiger partial charge in [0.1, 0.15) is 0 Å². The van der Waals surface area contributed by atoms with Gasteiger partial charge in [0.15, 0.2) is 0 Å². The van der Waals surface area contributed by atoms with E-state index in [1.807, 2.05) is 19.1 Å². The minimum absolute atomic E-state index is 0.224. The molecule has 0 aliphatic rings. The zero-order valence-corrected chi connectivity index (χ0v) is 11.0. The molecule has 5 nitrogen and oxygen atoms in total. The molecule has 0 aliphatic carbocycles. The molecule has 2 rings (SSSR count). The minimum Gasteiger partial charge on any atom is -0.308 e. The van der Waals surface area contributed by atoms with E-state index in [0.29, 0.717) is 6.54 Å². The molecule has 1 aromatic carbocycles. The average Bonchev–Trinajstić information content (AvgIpc) is 2.42. The molecule has 0 saturated carbocycles. The number of nitro groups is 1. The van der Waals surface area contributed by atoms with Crippen LogP contribution < -0.4 is 5.32 Å². The van der Waals surface area contributed by atoms with Crippen LogP contribution >= 0.6 is 0 Å². The molecule has 0 atom stereocenters. The molecule has 0 unspecified atom stereocenters. The fraction of sp³-hybridized carbons (Fsp3) is 0.214. The minimum atomic E-state index is -0.785. The predicted octanol–water partition coefficient (Wildman–Crippen LogP) is 2.73. The van der Waals surface area contributed by atoms with E-state index in [-0.39, 0.29) is 12.1 Å². The predicted molar refractivity (Wildman–Crippen MR) is 72.6 cm³/mol. The average molecular weight is 275 g/mol. The fourth-order valence-corrected chi connectivity index (χ4v) is 1.79. The van der Waals surface area contributed by atoms with Gasteiger partial charge in [0, 0.05) is 36.6 Å². The van der Waals surface area contributed by atoms with Crippen molar-refractivity contribution in [2.75, 3.05) is 0 Å². The molecule has 1 aromatic heterocycles. The number of hydrogen-bond donors (Lipinski definition) is 1. The number of nitrogens with zero attached hydrogens (tertiary/aromatic N) is 2. The van der Waals surface area contributed by atoms with Crippen LogP contribution in [0.5, 0.6) is 0 Å². The van der Waals surface area contributed by atoms with Crippen molar-refractivity contribution in [3.8, 4) is 0 Å². The van der Waals surface area contributed by atoms with Gasteiger partial charge in [0.05, 0.1) is 4.92 Å². The topological polar surface area (TPSA) is 68.1 Å². The molecular weight excluding hydrogens is 261 g/mol. The lowest BCUT2D eigenvalue weighted by Gasteiger charge is -2.06. The maximum Gasteiger partial charge on any atom is 0.305 e. The zero-order valence-electron chi connectivity index (χ0n) is 11.0. The first-order chi connectivity index (χ1) is 9.58. The zero-order chi connectivity index (χ0) is 14.5. The van der Waals surface area contributed by atoms with E-state index in [1.54, 1.807) is 6.20 Å². The van der Waals surface area contributed by atoms with Gasteiger partial charge < -0.3 is 5.32 Å². The maximum absolute atomic E-state index is 13.8. The summed E-state index contributed by atoms with van der Waals surface area (Å²) in [4.78, 5) is 14.1. The standard InChI is InChI=1S/C14H14FN3O2/c1-10-5-6-11(8-17-10)7-16-9-12-3-2-4-13(14(12)15)18(19)20/h2-6,8,16H,7,9H2,1H3. The van der Waals surface area contributed by atoms with Crippen molar-refractivity contribution in [2.45, 2.75) is 20.0 Å². The smallest absolute Gasteiger partial charge is 0.305 e. The third-order valence-electron chi connectivity index (χ3n) is 2.87. The van der Waals surface area contributed by atoms with Crippen LogP contribution in [-0.4, -0.2) is 9.91 Å². The van der Waals surface area contributed by atoms with Crippen molar-refractivity contribution in [3.05, 3.63) is 69.3 Å². The van der Waals surface area contributed by atoms with Gasteiger partial charge >= 0.3 is 5.69 Å². The first kappa shape index (κ1) is 14.1. The fourth-order valence-electron chi connectivity index (χ4n) is 1.79. The highest BCUT2D eigenvalue weighted by atomic mass is 19.1. The molecule has 0 radical (unpaired) electrons. The Balaban J connectivity index is 1.99. The Labute approximate surface area is 115 Å². The second-order valence-electron chi connectivity index (χ2n) is 4.42. The van der Waals surface area contributed by atoms with Crippen LogP contribution in [0.15, 0.2) is 36.5 Å². The Morgan fingerprint density at radius 3 is 2.75 bits per heavy atom. The van der Waals surface area contributed by atoms with E-state index in [9.17, 15) is 14.5 Å². The maximum atomic E-state index is 13.8. The molecular formula is C14H14FN3O2. The monoisotopic (exact) mass is 275 g/mol. The van der Waals surface area contributed by atoms with Crippen LogP contribution in [0, 0.1) is 22.9 Å². The summed E-state index contributed by atoms with van der Waals surface area (Å²) in [6, 6.07) is 7.99. The van der Waals surface area contributed by atoms with Gasteiger partial charge in [0.2, 0.25) is 5.82 Å². The first-order valence-corrected chi connectivity index (χ1v) is 6.12. The molecule has 1 N–H and O–H groups in total. The molecule has 0 amide bonds. The van der Waals surface area contributed by atoms with E-state index in [4.69, 9.17) is 0 Å². The summed E-state index contributed by atoms with van der Waals surface area (Å²) >= 11 is 0. The second-order valence-corrected chi connectivity index (χ2v) is 4.42. The number of nitrogens with one attached hydrogen (secondary N) is 1. The Morgan fingerprint density at radius 2 is 2.10 bits per heavy atom. The molecule has 6 heteroatoms. The quantitative estimate of drug-likeness (QED) is 0.673. The molecule has 2 aromatic rings. The number of nitro benzene ring substituents is 1. The van der Waals surface area contributed by atoms with Gasteiger partial charge in [-0.1, -0.05) is 18.2 Å². The highest BCUT2D eigenvalue weighted by Crippen LogP contribution is 2.19. The highest BCUT2D eigenvalue weighted by molar-refractivity contribution is 5.36. The van der Waals surface area contributed by atoms with Gasteiger partial charge in [-0.15, -0.1) is 0 Å². The third-order valence-corrected chi connectivity index (χ3v) is 2.87. The largest absolute Gasteiger partial charge is 0.308 e. The SMILES string of the molecule is Cc1ccc(CNCc2cccc([N+](=O)[O-])c2F)cn1. The molecule has 20 heavy (non-hydrogen) atoms. The van der Waals surface area contributed by atoms with E-state index < -0.39 is 16.4 Å². The molecule has 0 spiro atoms. The molecule has 0 bridgehead atoms. The molecule has 0 saturated heterocycles. The van der Waals surface area contributed by atoms with Crippen molar-refractivity contribution in [3.63, 3.8) is 0 Å². The molecule has 104 valence electrons. The van der Waals surface area contributed by atoms with Crippen LogP contribution in [0.2, 0.25) is 0 Å². The van der Waals surface area contributed by atoms with Crippen molar-refractivity contribution in [1.29, 1.82) is 0 Å². The number of pyridine rings is 1. The van der Waals surface area contributed by atoms with Gasteiger partial charge in [0.25, 0.3) is 0 Å². The first-order valence-electron chi connectivity index (χ1n) is 6.12. The summed E-state index contributed by atoms with van der Waals surface area (Å²) in [7, 11) is 0. The van der Waals surface area contributed by atoms with Gasteiger partial charge in [-0.05, 0) is 18.6 Å². The lowest BCUT2D eigenvalue weighted by molar-refractivity contribution is -0.387. The number of hydrogen-bond acceptors (Lipinski definition) is 4. The third kappa shape index (κ3) is 3.36.